The van der Waals surface area contributed by atoms with Crippen LogP contribution in [0.3, 0.4) is 0 Å². The van der Waals surface area contributed by atoms with E-state index in [-0.39, 0.29) is 30.8 Å². The molecule has 0 saturated heterocycles. The number of carboxylic acid groups (broad SMARTS) is 1. The molecule has 2 aliphatic carbocycles. The number of benzene rings is 2. The third-order valence-electron chi connectivity index (χ3n) is 6.76. The van der Waals surface area contributed by atoms with E-state index in [0.29, 0.717) is 12.3 Å². The highest BCUT2D eigenvalue weighted by molar-refractivity contribution is 5.84. The molecule has 2 aromatic rings. The SMILES string of the molecule is CC(C)[C@H](CC(=O)N[C@@H](CC1CC1)C(=O)O)NC(=O)OCC1c2ccccc2-c2ccccc21. The fraction of sp³-hybridized carbons (Fsp3) is 0.444. The van der Waals surface area contributed by atoms with Gasteiger partial charge in [0.25, 0.3) is 0 Å². The Morgan fingerprint density at radius 3 is 2.09 bits per heavy atom. The van der Waals surface area contributed by atoms with Crippen LogP contribution in [-0.2, 0) is 14.3 Å². The van der Waals surface area contributed by atoms with E-state index >= 15 is 0 Å². The largest absolute Gasteiger partial charge is 0.480 e. The zero-order chi connectivity index (χ0) is 24.2. The number of carboxylic acids is 1. The van der Waals surface area contributed by atoms with Gasteiger partial charge >= 0.3 is 12.1 Å². The normalized spacial score (nSPS) is 16.3. The summed E-state index contributed by atoms with van der Waals surface area (Å²) in [5.41, 5.74) is 4.57. The Kier molecular flexibility index (Phi) is 7.20. The van der Waals surface area contributed by atoms with Crippen molar-refractivity contribution in [2.45, 2.75) is 57.5 Å². The lowest BCUT2D eigenvalue weighted by Gasteiger charge is -2.23. The molecule has 1 fully saturated rings. The van der Waals surface area contributed by atoms with Crippen LogP contribution < -0.4 is 10.6 Å². The Balaban J connectivity index is 1.34. The van der Waals surface area contributed by atoms with Crippen LogP contribution in [0.2, 0.25) is 0 Å². The molecule has 3 N–H and O–H groups in total. The number of alkyl carbamates (subject to hydrolysis) is 1. The van der Waals surface area contributed by atoms with E-state index in [9.17, 15) is 19.5 Å². The predicted molar refractivity (Wildman–Crippen MR) is 128 cm³/mol. The lowest BCUT2D eigenvalue weighted by molar-refractivity contribution is -0.142. The van der Waals surface area contributed by atoms with E-state index in [4.69, 9.17) is 4.74 Å². The summed E-state index contributed by atoms with van der Waals surface area (Å²) < 4.78 is 5.61. The van der Waals surface area contributed by atoms with Crippen LogP contribution in [-0.4, -0.2) is 41.8 Å². The minimum Gasteiger partial charge on any atom is -0.480 e. The van der Waals surface area contributed by atoms with Crippen molar-refractivity contribution >= 4 is 18.0 Å². The number of aliphatic carboxylic acids is 1. The highest BCUT2D eigenvalue weighted by atomic mass is 16.5. The molecule has 2 amide bonds. The lowest BCUT2D eigenvalue weighted by Crippen LogP contribution is -2.46. The quantitative estimate of drug-likeness (QED) is 0.486. The number of fused-ring (bicyclic) bond motifs is 3. The molecule has 1 saturated carbocycles. The van der Waals surface area contributed by atoms with Crippen LogP contribution in [0.15, 0.2) is 48.5 Å². The van der Waals surface area contributed by atoms with Crippen LogP contribution in [0.1, 0.15) is 56.6 Å². The molecule has 2 aromatic carbocycles. The van der Waals surface area contributed by atoms with Crippen molar-refractivity contribution in [1.29, 1.82) is 0 Å². The minimum atomic E-state index is -1.02. The molecule has 0 radical (unpaired) electrons. The number of hydrogen-bond donors (Lipinski definition) is 3. The maximum absolute atomic E-state index is 12.6. The van der Waals surface area contributed by atoms with E-state index in [1.807, 2.05) is 38.1 Å². The van der Waals surface area contributed by atoms with E-state index in [1.54, 1.807) is 0 Å². The second-order valence-electron chi connectivity index (χ2n) is 9.66. The van der Waals surface area contributed by atoms with Crippen LogP contribution >= 0.6 is 0 Å². The number of amides is 2. The summed E-state index contributed by atoms with van der Waals surface area (Å²) in [5, 5.41) is 14.8. The first-order valence-electron chi connectivity index (χ1n) is 12.0. The number of nitrogens with one attached hydrogen (secondary N) is 2. The van der Waals surface area contributed by atoms with Crippen LogP contribution in [0.5, 0.6) is 0 Å². The Morgan fingerprint density at radius 2 is 1.56 bits per heavy atom. The van der Waals surface area contributed by atoms with Gasteiger partial charge in [0.2, 0.25) is 5.91 Å². The van der Waals surface area contributed by atoms with Crippen LogP contribution in [0, 0.1) is 11.8 Å². The molecule has 7 nitrogen and oxygen atoms in total. The van der Waals surface area contributed by atoms with Gasteiger partial charge in [-0.3, -0.25) is 4.79 Å². The molecule has 0 aliphatic heterocycles. The topological polar surface area (TPSA) is 105 Å². The zero-order valence-electron chi connectivity index (χ0n) is 19.6. The smallest absolute Gasteiger partial charge is 0.407 e. The molecule has 0 heterocycles. The standard InChI is InChI=1S/C27H32N2O5/c1-16(2)23(14-25(30)28-24(26(31)32)13-17-11-12-17)29-27(33)34-15-22-20-9-5-3-7-18(20)19-8-4-6-10-21(19)22/h3-10,16-17,22-24H,11-15H2,1-2H3,(H,28,30)(H,29,33)(H,31,32)/t23-,24-/m0/s1. The molecule has 0 bridgehead atoms. The fourth-order valence-electron chi connectivity index (χ4n) is 4.61. The molecule has 2 atom stereocenters. The highest BCUT2D eigenvalue weighted by Gasteiger charge is 2.32. The van der Waals surface area contributed by atoms with Crippen molar-refractivity contribution in [3.05, 3.63) is 59.7 Å². The van der Waals surface area contributed by atoms with Crippen molar-refractivity contribution < 1.29 is 24.2 Å². The van der Waals surface area contributed by atoms with Crippen molar-refractivity contribution in [2.24, 2.45) is 11.8 Å². The summed E-state index contributed by atoms with van der Waals surface area (Å²) in [6, 6.07) is 14.9. The van der Waals surface area contributed by atoms with Crippen molar-refractivity contribution in [3.8, 4) is 11.1 Å². The predicted octanol–water partition coefficient (Wildman–Crippen LogP) is 4.31. The Bertz CT molecular complexity index is 1020. The second kappa shape index (κ2) is 10.3. The third kappa shape index (κ3) is 5.58. The summed E-state index contributed by atoms with van der Waals surface area (Å²) in [4.78, 5) is 36.7. The number of hydrogen-bond acceptors (Lipinski definition) is 4. The first-order chi connectivity index (χ1) is 16.3. The van der Waals surface area contributed by atoms with E-state index in [2.05, 4.69) is 34.9 Å². The van der Waals surface area contributed by atoms with Gasteiger partial charge in [-0.25, -0.2) is 9.59 Å². The molecule has 2 aliphatic rings. The Labute approximate surface area is 199 Å². The number of ether oxygens (including phenoxy) is 1. The van der Waals surface area contributed by atoms with Gasteiger partial charge in [-0.2, -0.15) is 0 Å². The zero-order valence-corrected chi connectivity index (χ0v) is 19.6. The number of carbonyl (C=O) groups excluding carboxylic acids is 2. The monoisotopic (exact) mass is 464 g/mol. The van der Waals surface area contributed by atoms with Gasteiger partial charge < -0.3 is 20.5 Å². The maximum Gasteiger partial charge on any atom is 0.407 e. The number of rotatable bonds is 10. The van der Waals surface area contributed by atoms with Gasteiger partial charge in [0.15, 0.2) is 0 Å². The van der Waals surface area contributed by atoms with Gasteiger partial charge in [0.05, 0.1) is 0 Å². The molecule has 0 spiro atoms. The number of carbonyl (C=O) groups is 3. The van der Waals surface area contributed by atoms with Gasteiger partial charge in [-0.15, -0.1) is 0 Å². The van der Waals surface area contributed by atoms with E-state index in [0.717, 1.165) is 35.1 Å². The summed E-state index contributed by atoms with van der Waals surface area (Å²) in [6.45, 7) is 4.00. The van der Waals surface area contributed by atoms with Gasteiger partial charge in [-0.05, 0) is 40.5 Å². The summed E-state index contributed by atoms with van der Waals surface area (Å²) >= 11 is 0. The molecule has 34 heavy (non-hydrogen) atoms. The first kappa shape index (κ1) is 23.8. The molecule has 0 aromatic heterocycles. The van der Waals surface area contributed by atoms with E-state index in [1.165, 1.54) is 0 Å². The van der Waals surface area contributed by atoms with E-state index < -0.39 is 24.1 Å². The Morgan fingerprint density at radius 1 is 0.971 bits per heavy atom. The summed E-state index contributed by atoms with van der Waals surface area (Å²) in [5.74, 6) is -1.10. The van der Waals surface area contributed by atoms with Crippen molar-refractivity contribution in [1.82, 2.24) is 10.6 Å². The lowest BCUT2D eigenvalue weighted by atomic mass is 9.98. The van der Waals surface area contributed by atoms with Gasteiger partial charge in [0, 0.05) is 18.4 Å². The maximum atomic E-state index is 12.6. The molecule has 180 valence electrons. The highest BCUT2D eigenvalue weighted by Crippen LogP contribution is 2.44. The molecular formula is C27H32N2O5. The van der Waals surface area contributed by atoms with Crippen molar-refractivity contribution in [2.75, 3.05) is 6.61 Å². The summed E-state index contributed by atoms with van der Waals surface area (Å²) in [6.07, 6.45) is 1.89. The van der Waals surface area contributed by atoms with Crippen LogP contribution in [0.25, 0.3) is 11.1 Å². The average molecular weight is 465 g/mol. The Hall–Kier alpha value is -3.35. The second-order valence-corrected chi connectivity index (χ2v) is 9.66. The minimum absolute atomic E-state index is 0.00366. The fourth-order valence-corrected chi connectivity index (χ4v) is 4.61. The first-order valence-corrected chi connectivity index (χ1v) is 12.0. The van der Waals surface area contributed by atoms with Gasteiger partial charge in [-0.1, -0.05) is 75.2 Å². The molecule has 4 rings (SSSR count). The molecule has 7 heteroatoms. The summed E-state index contributed by atoms with van der Waals surface area (Å²) in [7, 11) is 0. The van der Waals surface area contributed by atoms with Crippen LogP contribution in [0.4, 0.5) is 4.79 Å². The van der Waals surface area contributed by atoms with Gasteiger partial charge in [0.1, 0.15) is 12.6 Å². The van der Waals surface area contributed by atoms with Crippen molar-refractivity contribution in [3.63, 3.8) is 0 Å². The average Bonchev–Trinajstić information content (AvgIpc) is 3.57. The molecule has 0 unspecified atom stereocenters. The third-order valence-corrected chi connectivity index (χ3v) is 6.76. The molecular weight excluding hydrogens is 432 g/mol.